The first kappa shape index (κ1) is 18.2. The molecule has 0 bridgehead atoms. The van der Waals surface area contributed by atoms with Gasteiger partial charge < -0.3 is 0 Å². The molecule has 2 unspecified atom stereocenters. The van der Waals surface area contributed by atoms with E-state index in [1.165, 1.54) is 32.1 Å². The van der Waals surface area contributed by atoms with E-state index in [2.05, 4.69) is 66.0 Å². The average Bonchev–Trinajstić information content (AvgIpc) is 2.33. The summed E-state index contributed by atoms with van der Waals surface area (Å²) in [5, 5.41) is 0. The molecule has 0 rings (SSSR count). The van der Waals surface area contributed by atoms with Crippen molar-refractivity contribution in [2.75, 3.05) is 0 Å². The van der Waals surface area contributed by atoms with Crippen molar-refractivity contribution in [3.63, 3.8) is 0 Å². The van der Waals surface area contributed by atoms with Crippen LogP contribution in [0.3, 0.4) is 0 Å². The van der Waals surface area contributed by atoms with Crippen molar-refractivity contribution in [2.45, 2.75) is 66.7 Å². The summed E-state index contributed by atoms with van der Waals surface area (Å²) in [4.78, 5) is 0. The summed E-state index contributed by atoms with van der Waals surface area (Å²) in [6, 6.07) is 0. The van der Waals surface area contributed by atoms with Crippen molar-refractivity contribution >= 4 is 0 Å². The Morgan fingerprint density at radius 2 is 1.47 bits per heavy atom. The first-order chi connectivity index (χ1) is 8.78. The Morgan fingerprint density at radius 3 is 1.95 bits per heavy atom. The van der Waals surface area contributed by atoms with Crippen LogP contribution in [0.25, 0.3) is 0 Å². The van der Waals surface area contributed by atoms with Crippen molar-refractivity contribution in [3.05, 3.63) is 37.0 Å². The minimum absolute atomic E-state index is 0.288. The third kappa shape index (κ3) is 10.8. The predicted octanol–water partition coefficient (Wildman–Crippen LogP) is 6.55. The minimum atomic E-state index is 0.288. The van der Waals surface area contributed by atoms with Crippen LogP contribution in [0, 0.1) is 17.3 Å². The van der Waals surface area contributed by atoms with E-state index in [0.29, 0.717) is 11.8 Å². The van der Waals surface area contributed by atoms with Gasteiger partial charge in [0.05, 0.1) is 0 Å². The summed E-state index contributed by atoms with van der Waals surface area (Å²) in [5.41, 5.74) is 1.91. The van der Waals surface area contributed by atoms with Crippen molar-refractivity contribution in [3.8, 4) is 0 Å². The first-order valence-electron chi connectivity index (χ1n) is 7.74. The molecule has 0 aliphatic rings. The van der Waals surface area contributed by atoms with Crippen LogP contribution >= 0.6 is 0 Å². The maximum atomic E-state index is 3.88. The maximum absolute atomic E-state index is 3.88. The van der Waals surface area contributed by atoms with Gasteiger partial charge in [-0.15, -0.1) is 13.2 Å². The summed E-state index contributed by atoms with van der Waals surface area (Å²) < 4.78 is 0. The van der Waals surface area contributed by atoms with E-state index in [1.54, 1.807) is 5.57 Å². The van der Waals surface area contributed by atoms with Gasteiger partial charge in [-0.1, -0.05) is 58.4 Å². The van der Waals surface area contributed by atoms with Crippen LogP contribution in [-0.4, -0.2) is 0 Å². The van der Waals surface area contributed by atoms with Crippen LogP contribution in [-0.2, 0) is 0 Å². The third-order valence-corrected chi connectivity index (χ3v) is 3.52. The van der Waals surface area contributed by atoms with E-state index >= 15 is 0 Å². The van der Waals surface area contributed by atoms with Crippen LogP contribution in [0.2, 0.25) is 0 Å². The Labute approximate surface area is 121 Å². The van der Waals surface area contributed by atoms with Crippen LogP contribution in [0.5, 0.6) is 0 Å². The second-order valence-electron chi connectivity index (χ2n) is 7.03. The fourth-order valence-corrected chi connectivity index (χ4v) is 2.18. The molecular weight excluding hydrogens is 228 g/mol. The van der Waals surface area contributed by atoms with Gasteiger partial charge in [0, 0.05) is 0 Å². The Kier molecular flexibility index (Phi) is 8.80. The number of hydrogen-bond acceptors (Lipinski definition) is 0. The zero-order chi connectivity index (χ0) is 14.9. The molecule has 0 fully saturated rings. The molecule has 0 radical (unpaired) electrons. The summed E-state index contributed by atoms with van der Waals surface area (Å²) in [6.45, 7) is 19.1. The van der Waals surface area contributed by atoms with Crippen LogP contribution < -0.4 is 0 Å². The van der Waals surface area contributed by atoms with E-state index < -0.39 is 0 Å². The molecule has 0 amide bonds. The first-order valence-corrected chi connectivity index (χ1v) is 7.74. The largest absolute Gasteiger partial charge is 0.103 e. The van der Waals surface area contributed by atoms with E-state index in [-0.39, 0.29) is 5.41 Å². The monoisotopic (exact) mass is 262 g/mol. The molecule has 0 saturated heterocycles. The van der Waals surface area contributed by atoms with Crippen molar-refractivity contribution in [2.24, 2.45) is 17.3 Å². The summed E-state index contributed by atoms with van der Waals surface area (Å²) in [6.07, 6.45) is 12.8. The molecule has 0 aliphatic carbocycles. The molecule has 0 heterocycles. The second-order valence-corrected chi connectivity index (χ2v) is 7.03. The smallest absolute Gasteiger partial charge is 0.0200 e. The van der Waals surface area contributed by atoms with E-state index in [1.807, 2.05) is 0 Å². The molecule has 0 saturated carbocycles. The highest BCUT2D eigenvalue weighted by atomic mass is 14.2. The third-order valence-electron chi connectivity index (χ3n) is 3.52. The fraction of sp³-hybridized carbons (Fsp3) is 0.684. The van der Waals surface area contributed by atoms with E-state index in [9.17, 15) is 0 Å². The standard InChI is InChI=1S/C19H34/c1-8-16(3)11-10-12-18(15-19(5,6)7)14-13-17(4)9-2/h8-9,15-17H,1-2,10-14H2,3-7H3. The fourth-order valence-electron chi connectivity index (χ4n) is 2.18. The molecule has 0 aromatic heterocycles. The lowest BCUT2D eigenvalue weighted by atomic mass is 9.88. The van der Waals surface area contributed by atoms with Crippen molar-refractivity contribution < 1.29 is 0 Å². The van der Waals surface area contributed by atoms with Gasteiger partial charge in [0.2, 0.25) is 0 Å². The Bertz CT molecular complexity index is 288. The lowest BCUT2D eigenvalue weighted by Gasteiger charge is -2.18. The lowest BCUT2D eigenvalue weighted by molar-refractivity contribution is 0.521. The van der Waals surface area contributed by atoms with Gasteiger partial charge in [0.25, 0.3) is 0 Å². The van der Waals surface area contributed by atoms with Gasteiger partial charge in [-0.3, -0.25) is 0 Å². The van der Waals surface area contributed by atoms with Crippen LogP contribution in [0.15, 0.2) is 37.0 Å². The Balaban J connectivity index is 4.39. The zero-order valence-corrected chi connectivity index (χ0v) is 13.8. The molecule has 0 aliphatic heterocycles. The lowest BCUT2D eigenvalue weighted by Crippen LogP contribution is -2.03. The molecule has 0 nitrogen and oxygen atoms in total. The molecule has 0 heteroatoms. The maximum Gasteiger partial charge on any atom is -0.0200 e. The molecule has 0 N–H and O–H groups in total. The normalized spacial score (nSPS) is 15.9. The van der Waals surface area contributed by atoms with Crippen LogP contribution in [0.4, 0.5) is 0 Å². The second kappa shape index (κ2) is 9.18. The van der Waals surface area contributed by atoms with Gasteiger partial charge in [0.15, 0.2) is 0 Å². The topological polar surface area (TPSA) is 0 Å². The van der Waals surface area contributed by atoms with Gasteiger partial charge >= 0.3 is 0 Å². The highest BCUT2D eigenvalue weighted by molar-refractivity contribution is 5.07. The molecule has 110 valence electrons. The predicted molar refractivity (Wildman–Crippen MR) is 89.3 cm³/mol. The summed E-state index contributed by atoms with van der Waals surface area (Å²) >= 11 is 0. The molecular formula is C19H34. The molecule has 0 spiro atoms. The zero-order valence-electron chi connectivity index (χ0n) is 13.8. The van der Waals surface area contributed by atoms with Crippen LogP contribution in [0.1, 0.15) is 66.7 Å². The number of rotatable bonds is 9. The van der Waals surface area contributed by atoms with Gasteiger partial charge in [0.1, 0.15) is 0 Å². The highest BCUT2D eigenvalue weighted by Crippen LogP contribution is 2.25. The van der Waals surface area contributed by atoms with Gasteiger partial charge in [-0.2, -0.15) is 0 Å². The molecule has 2 atom stereocenters. The SMILES string of the molecule is C=CC(C)CCCC(=CC(C)(C)C)CCC(C)C=C. The molecule has 0 aromatic rings. The average molecular weight is 262 g/mol. The van der Waals surface area contributed by atoms with Crippen molar-refractivity contribution in [1.29, 1.82) is 0 Å². The van der Waals surface area contributed by atoms with E-state index in [0.717, 1.165) is 0 Å². The highest BCUT2D eigenvalue weighted by Gasteiger charge is 2.10. The van der Waals surface area contributed by atoms with Crippen molar-refractivity contribution in [1.82, 2.24) is 0 Å². The molecule has 0 aromatic carbocycles. The quantitative estimate of drug-likeness (QED) is 0.413. The Hall–Kier alpha value is -0.780. The number of allylic oxidation sites excluding steroid dienone is 4. The summed E-state index contributed by atoms with van der Waals surface area (Å²) in [5.74, 6) is 1.26. The van der Waals surface area contributed by atoms with E-state index in [4.69, 9.17) is 0 Å². The van der Waals surface area contributed by atoms with Gasteiger partial charge in [-0.25, -0.2) is 0 Å². The minimum Gasteiger partial charge on any atom is -0.103 e. The molecule has 19 heavy (non-hydrogen) atoms. The Morgan fingerprint density at radius 1 is 0.947 bits per heavy atom. The number of hydrogen-bond donors (Lipinski definition) is 0. The van der Waals surface area contributed by atoms with Gasteiger partial charge in [-0.05, 0) is 49.4 Å². The summed E-state index contributed by atoms with van der Waals surface area (Å²) in [7, 11) is 0.